The highest BCUT2D eigenvalue weighted by Gasteiger charge is 2.14. The minimum absolute atomic E-state index is 0.204. The molecule has 0 fully saturated rings. The fraction of sp³-hybridized carbons (Fsp3) is 0.0500. The normalized spacial score (nSPS) is 10.2. The van der Waals surface area contributed by atoms with E-state index in [-0.39, 0.29) is 17.1 Å². The Hall–Kier alpha value is -3.94. The summed E-state index contributed by atoms with van der Waals surface area (Å²) in [5.74, 6) is -0.0241. The first-order valence-electron chi connectivity index (χ1n) is 8.21. The summed E-state index contributed by atoms with van der Waals surface area (Å²) in [6.07, 6.45) is -0.975. The van der Waals surface area contributed by atoms with Crippen LogP contribution in [0.4, 0.5) is 20.6 Å². The van der Waals surface area contributed by atoms with E-state index < -0.39 is 16.8 Å². The van der Waals surface area contributed by atoms with Crippen LogP contribution >= 0.6 is 0 Å². The largest absolute Gasteiger partial charge is 0.489 e. The van der Waals surface area contributed by atoms with Crippen LogP contribution in [0.25, 0.3) is 0 Å². The Kier molecular flexibility index (Phi) is 5.81. The number of carbonyl (C=O) groups excluding carboxylic acids is 1. The lowest BCUT2D eigenvalue weighted by atomic mass is 10.2. The molecule has 0 aliphatic carbocycles. The second-order valence-corrected chi connectivity index (χ2v) is 5.68. The van der Waals surface area contributed by atoms with Gasteiger partial charge in [-0.05, 0) is 35.9 Å². The Morgan fingerprint density at radius 3 is 2.36 bits per heavy atom. The van der Waals surface area contributed by atoms with Gasteiger partial charge in [0.2, 0.25) is 0 Å². The predicted octanol–water partition coefficient (Wildman–Crippen LogP) is 4.92. The molecule has 0 atom stereocenters. The summed E-state index contributed by atoms with van der Waals surface area (Å²) in [4.78, 5) is 22.0. The molecular weight excluding hydrogens is 367 g/mol. The topological polar surface area (TPSA) is 90.7 Å². The van der Waals surface area contributed by atoms with Gasteiger partial charge in [0.25, 0.3) is 5.69 Å². The van der Waals surface area contributed by atoms with E-state index in [9.17, 15) is 19.3 Å². The smallest absolute Gasteiger partial charge is 0.417 e. The molecule has 1 amide bonds. The number of halogens is 1. The summed E-state index contributed by atoms with van der Waals surface area (Å²) in [6, 6.07) is 18.7. The standard InChI is InChI=1S/C20H15FN2O5/c21-18-11-6-15(23(25)26)12-19(18)22-20(24)28-17-9-7-16(8-10-17)27-13-14-4-2-1-3-5-14/h1-12H,13H2,(H,22,24). The van der Waals surface area contributed by atoms with Crippen LogP contribution in [0.3, 0.4) is 0 Å². The maximum atomic E-state index is 13.7. The number of amides is 1. The summed E-state index contributed by atoms with van der Waals surface area (Å²) >= 11 is 0. The maximum absolute atomic E-state index is 13.7. The van der Waals surface area contributed by atoms with Gasteiger partial charge in [-0.1, -0.05) is 30.3 Å². The second-order valence-electron chi connectivity index (χ2n) is 5.68. The molecule has 0 radical (unpaired) electrons. The third kappa shape index (κ3) is 5.04. The number of nitro benzene ring substituents is 1. The number of rotatable bonds is 6. The van der Waals surface area contributed by atoms with Crippen LogP contribution in [-0.4, -0.2) is 11.0 Å². The van der Waals surface area contributed by atoms with Gasteiger partial charge in [0.1, 0.15) is 23.9 Å². The lowest BCUT2D eigenvalue weighted by Crippen LogP contribution is -2.17. The molecule has 8 heteroatoms. The zero-order chi connectivity index (χ0) is 19.9. The number of non-ortho nitro benzene ring substituents is 1. The van der Waals surface area contributed by atoms with Gasteiger partial charge in [-0.25, -0.2) is 9.18 Å². The van der Waals surface area contributed by atoms with Gasteiger partial charge in [-0.2, -0.15) is 0 Å². The Balaban J connectivity index is 1.57. The number of anilines is 1. The van der Waals surface area contributed by atoms with E-state index in [1.165, 1.54) is 12.1 Å². The van der Waals surface area contributed by atoms with Gasteiger partial charge in [0.05, 0.1) is 10.6 Å². The first-order chi connectivity index (χ1) is 13.5. The zero-order valence-corrected chi connectivity index (χ0v) is 14.5. The number of carbonyl (C=O) groups is 1. The highest BCUT2D eigenvalue weighted by Crippen LogP contribution is 2.23. The Morgan fingerprint density at radius 2 is 1.68 bits per heavy atom. The molecular formula is C20H15FN2O5. The fourth-order valence-corrected chi connectivity index (χ4v) is 2.31. The van der Waals surface area contributed by atoms with Crippen molar-refractivity contribution in [3.63, 3.8) is 0 Å². The van der Waals surface area contributed by atoms with E-state index in [0.717, 1.165) is 23.8 Å². The first-order valence-corrected chi connectivity index (χ1v) is 8.21. The van der Waals surface area contributed by atoms with Crippen molar-refractivity contribution < 1.29 is 23.6 Å². The summed E-state index contributed by atoms with van der Waals surface area (Å²) in [5, 5.41) is 12.9. The number of nitrogens with zero attached hydrogens (tertiary/aromatic N) is 1. The third-order valence-electron chi connectivity index (χ3n) is 3.68. The van der Waals surface area contributed by atoms with Crippen LogP contribution in [0.5, 0.6) is 11.5 Å². The molecule has 7 nitrogen and oxygen atoms in total. The van der Waals surface area contributed by atoms with Crippen molar-refractivity contribution in [3.05, 3.63) is 94.3 Å². The minimum Gasteiger partial charge on any atom is -0.489 e. The molecule has 0 saturated heterocycles. The van der Waals surface area contributed by atoms with Crippen molar-refractivity contribution in [1.82, 2.24) is 0 Å². The van der Waals surface area contributed by atoms with Crippen molar-refractivity contribution in [2.75, 3.05) is 5.32 Å². The van der Waals surface area contributed by atoms with Crippen molar-refractivity contribution >= 4 is 17.5 Å². The summed E-state index contributed by atoms with van der Waals surface area (Å²) in [5.41, 5.74) is 0.319. The fourth-order valence-electron chi connectivity index (χ4n) is 2.31. The number of nitrogens with one attached hydrogen (secondary N) is 1. The number of hydrogen-bond donors (Lipinski definition) is 1. The van der Waals surface area contributed by atoms with E-state index in [2.05, 4.69) is 5.32 Å². The highest BCUT2D eigenvalue weighted by atomic mass is 19.1. The highest BCUT2D eigenvalue weighted by molar-refractivity contribution is 5.86. The first kappa shape index (κ1) is 18.8. The molecule has 3 aromatic rings. The number of nitro groups is 1. The van der Waals surface area contributed by atoms with Gasteiger partial charge < -0.3 is 9.47 Å². The number of hydrogen-bond acceptors (Lipinski definition) is 5. The van der Waals surface area contributed by atoms with Crippen LogP contribution in [0.2, 0.25) is 0 Å². The Labute approximate surface area is 159 Å². The molecule has 0 bridgehead atoms. The van der Waals surface area contributed by atoms with Crippen LogP contribution in [0, 0.1) is 15.9 Å². The monoisotopic (exact) mass is 382 g/mol. The summed E-state index contributed by atoms with van der Waals surface area (Å²) < 4.78 is 24.4. The van der Waals surface area contributed by atoms with E-state index in [1.807, 2.05) is 30.3 Å². The van der Waals surface area contributed by atoms with E-state index >= 15 is 0 Å². The number of benzene rings is 3. The quantitative estimate of drug-likeness (QED) is 0.482. The van der Waals surface area contributed by atoms with Crippen LogP contribution in [-0.2, 0) is 6.61 Å². The molecule has 0 aliphatic heterocycles. The molecule has 0 aromatic heterocycles. The van der Waals surface area contributed by atoms with E-state index in [4.69, 9.17) is 9.47 Å². The van der Waals surface area contributed by atoms with Crippen LogP contribution in [0.1, 0.15) is 5.56 Å². The summed E-state index contributed by atoms with van der Waals surface area (Å²) in [7, 11) is 0. The van der Waals surface area contributed by atoms with Gasteiger partial charge in [0.15, 0.2) is 0 Å². The van der Waals surface area contributed by atoms with Gasteiger partial charge >= 0.3 is 6.09 Å². The summed E-state index contributed by atoms with van der Waals surface area (Å²) in [6.45, 7) is 0.396. The maximum Gasteiger partial charge on any atom is 0.417 e. The van der Waals surface area contributed by atoms with Crippen molar-refractivity contribution in [2.24, 2.45) is 0 Å². The molecule has 0 saturated carbocycles. The molecule has 0 heterocycles. The SMILES string of the molecule is O=C(Nc1cc([N+](=O)[O-])ccc1F)Oc1ccc(OCc2ccccc2)cc1. The van der Waals surface area contributed by atoms with E-state index in [0.29, 0.717) is 12.4 Å². The van der Waals surface area contributed by atoms with Crippen molar-refractivity contribution in [2.45, 2.75) is 6.61 Å². The Morgan fingerprint density at radius 1 is 1.00 bits per heavy atom. The molecule has 142 valence electrons. The van der Waals surface area contributed by atoms with Gasteiger partial charge in [-0.3, -0.25) is 15.4 Å². The number of ether oxygens (including phenoxy) is 2. The second kappa shape index (κ2) is 8.63. The van der Waals surface area contributed by atoms with Crippen molar-refractivity contribution in [1.29, 1.82) is 0 Å². The molecule has 0 aliphatic rings. The third-order valence-corrected chi connectivity index (χ3v) is 3.68. The van der Waals surface area contributed by atoms with Crippen LogP contribution in [0.15, 0.2) is 72.8 Å². The molecule has 3 aromatic carbocycles. The molecule has 3 rings (SSSR count). The molecule has 0 spiro atoms. The lowest BCUT2D eigenvalue weighted by Gasteiger charge is -2.09. The Bertz CT molecular complexity index is 978. The zero-order valence-electron chi connectivity index (χ0n) is 14.5. The molecule has 0 unspecified atom stereocenters. The molecule has 1 N–H and O–H groups in total. The predicted molar refractivity (Wildman–Crippen MR) is 99.9 cm³/mol. The van der Waals surface area contributed by atoms with Gasteiger partial charge in [0, 0.05) is 12.1 Å². The van der Waals surface area contributed by atoms with E-state index in [1.54, 1.807) is 12.1 Å². The average molecular weight is 382 g/mol. The molecule has 28 heavy (non-hydrogen) atoms. The average Bonchev–Trinajstić information content (AvgIpc) is 2.70. The lowest BCUT2D eigenvalue weighted by molar-refractivity contribution is -0.384. The van der Waals surface area contributed by atoms with Crippen LogP contribution < -0.4 is 14.8 Å². The van der Waals surface area contributed by atoms with Crippen molar-refractivity contribution in [3.8, 4) is 11.5 Å². The van der Waals surface area contributed by atoms with Gasteiger partial charge in [-0.15, -0.1) is 0 Å². The minimum atomic E-state index is -0.975.